The third-order valence-corrected chi connectivity index (χ3v) is 3.83. The summed E-state index contributed by atoms with van der Waals surface area (Å²) in [5.74, 6) is 1.60. The molecule has 6 heteroatoms. The van der Waals surface area contributed by atoms with E-state index in [0.717, 1.165) is 29.7 Å². The van der Waals surface area contributed by atoms with Gasteiger partial charge in [0.15, 0.2) is 5.96 Å². The minimum absolute atomic E-state index is 0.116. The zero-order valence-corrected chi connectivity index (χ0v) is 15.0. The first-order chi connectivity index (χ1) is 11.5. The monoisotopic (exact) mass is 331 g/mol. The Morgan fingerprint density at radius 3 is 2.50 bits per heavy atom. The summed E-state index contributed by atoms with van der Waals surface area (Å²) in [4.78, 5) is 16.3. The van der Waals surface area contributed by atoms with Crippen LogP contribution in [0.25, 0.3) is 0 Å². The quantitative estimate of drug-likeness (QED) is 0.478. The van der Waals surface area contributed by atoms with Crippen LogP contribution in [-0.4, -0.2) is 30.6 Å². The number of urea groups is 1. The summed E-state index contributed by atoms with van der Waals surface area (Å²) in [5.41, 5.74) is 1.88. The molecule has 2 amide bonds. The van der Waals surface area contributed by atoms with Gasteiger partial charge in [-0.1, -0.05) is 19.1 Å². The smallest absolute Gasteiger partial charge is 0.319 e. The Morgan fingerprint density at radius 1 is 1.29 bits per heavy atom. The van der Waals surface area contributed by atoms with Crippen LogP contribution < -0.4 is 21.3 Å². The van der Waals surface area contributed by atoms with Crippen molar-refractivity contribution in [3.05, 3.63) is 29.8 Å². The van der Waals surface area contributed by atoms with Crippen molar-refractivity contribution >= 4 is 17.7 Å². The summed E-state index contributed by atoms with van der Waals surface area (Å²) in [6, 6.07) is 8.24. The van der Waals surface area contributed by atoms with E-state index in [1.54, 1.807) is 0 Å². The molecule has 1 fully saturated rings. The van der Waals surface area contributed by atoms with E-state index in [1.165, 1.54) is 6.42 Å². The van der Waals surface area contributed by atoms with Gasteiger partial charge in [-0.2, -0.15) is 0 Å². The number of aliphatic imine (C=N–C) groups is 1. The van der Waals surface area contributed by atoms with Crippen molar-refractivity contribution in [3.63, 3.8) is 0 Å². The lowest BCUT2D eigenvalue weighted by Gasteiger charge is -2.11. The Morgan fingerprint density at radius 2 is 1.96 bits per heavy atom. The summed E-state index contributed by atoms with van der Waals surface area (Å²) in [5, 5.41) is 12.3. The van der Waals surface area contributed by atoms with Gasteiger partial charge >= 0.3 is 6.03 Å². The van der Waals surface area contributed by atoms with Gasteiger partial charge in [0.05, 0.1) is 6.54 Å². The molecule has 1 aliphatic carbocycles. The van der Waals surface area contributed by atoms with E-state index in [4.69, 9.17) is 0 Å². The van der Waals surface area contributed by atoms with Gasteiger partial charge in [0.2, 0.25) is 0 Å². The molecule has 0 radical (unpaired) electrons. The second-order valence-corrected chi connectivity index (χ2v) is 6.61. The first-order valence-electron chi connectivity index (χ1n) is 8.69. The van der Waals surface area contributed by atoms with Crippen LogP contribution in [0.4, 0.5) is 10.5 Å². The molecular formula is C18H29N5O. The number of rotatable bonds is 6. The molecule has 1 aromatic rings. The summed E-state index contributed by atoms with van der Waals surface area (Å²) in [6.45, 7) is 9.62. The molecule has 0 heterocycles. The normalized spacial score (nSPS) is 19.8. The molecule has 1 aromatic carbocycles. The largest absolute Gasteiger partial charge is 0.357 e. The molecule has 1 aliphatic rings. The van der Waals surface area contributed by atoms with Gasteiger partial charge in [-0.25, -0.2) is 9.79 Å². The Labute approximate surface area is 144 Å². The molecule has 2 unspecified atom stereocenters. The number of nitrogens with zero attached hydrogens (tertiary/aromatic N) is 1. The highest BCUT2D eigenvalue weighted by atomic mass is 16.2. The van der Waals surface area contributed by atoms with Crippen LogP contribution in [0.3, 0.4) is 0 Å². The van der Waals surface area contributed by atoms with Crippen molar-refractivity contribution in [2.75, 3.05) is 11.9 Å². The molecular weight excluding hydrogens is 302 g/mol. The van der Waals surface area contributed by atoms with Crippen molar-refractivity contribution in [1.29, 1.82) is 0 Å². The fourth-order valence-corrected chi connectivity index (χ4v) is 2.31. The molecule has 2 atom stereocenters. The SMILES string of the molecule is CCNC(=NCc1ccc(NC(=O)NC(C)C)cc1)NC1CC1C. The second-order valence-electron chi connectivity index (χ2n) is 6.61. The Bertz CT molecular complexity index is 567. The minimum atomic E-state index is -0.187. The maximum atomic E-state index is 11.7. The van der Waals surface area contributed by atoms with Crippen molar-refractivity contribution < 1.29 is 4.79 Å². The minimum Gasteiger partial charge on any atom is -0.357 e. The van der Waals surface area contributed by atoms with Crippen molar-refractivity contribution in [2.45, 2.75) is 52.7 Å². The number of hydrogen-bond donors (Lipinski definition) is 4. The van der Waals surface area contributed by atoms with Gasteiger partial charge in [0.25, 0.3) is 0 Å². The van der Waals surface area contributed by atoms with Crippen LogP contribution in [-0.2, 0) is 6.54 Å². The molecule has 2 rings (SSSR count). The standard InChI is InChI=1S/C18H29N5O/c1-5-19-17(23-16-10-13(16)4)20-11-14-6-8-15(9-7-14)22-18(24)21-12(2)3/h6-9,12-13,16H,5,10-11H2,1-4H3,(H2,19,20,23)(H2,21,22,24). The Kier molecular flexibility index (Phi) is 6.46. The lowest BCUT2D eigenvalue weighted by Crippen LogP contribution is -2.39. The zero-order valence-electron chi connectivity index (χ0n) is 15.0. The van der Waals surface area contributed by atoms with E-state index >= 15 is 0 Å². The lowest BCUT2D eigenvalue weighted by molar-refractivity contribution is 0.250. The summed E-state index contributed by atoms with van der Waals surface area (Å²) < 4.78 is 0. The van der Waals surface area contributed by atoms with E-state index in [-0.39, 0.29) is 12.1 Å². The van der Waals surface area contributed by atoms with Gasteiger partial charge < -0.3 is 21.3 Å². The van der Waals surface area contributed by atoms with E-state index in [0.29, 0.717) is 12.6 Å². The summed E-state index contributed by atoms with van der Waals surface area (Å²) >= 11 is 0. The fraction of sp³-hybridized carbons (Fsp3) is 0.556. The molecule has 4 N–H and O–H groups in total. The molecule has 24 heavy (non-hydrogen) atoms. The number of guanidine groups is 1. The highest BCUT2D eigenvalue weighted by Gasteiger charge is 2.33. The predicted molar refractivity (Wildman–Crippen MR) is 99.3 cm³/mol. The highest BCUT2D eigenvalue weighted by Crippen LogP contribution is 2.28. The fourth-order valence-electron chi connectivity index (χ4n) is 2.31. The Balaban J connectivity index is 1.87. The number of hydrogen-bond acceptors (Lipinski definition) is 2. The number of nitrogens with one attached hydrogen (secondary N) is 4. The molecule has 1 saturated carbocycles. The third kappa shape index (κ3) is 6.10. The van der Waals surface area contributed by atoms with Gasteiger partial charge in [-0.05, 0) is 50.8 Å². The van der Waals surface area contributed by atoms with Crippen LogP contribution in [0.2, 0.25) is 0 Å². The molecule has 0 bridgehead atoms. The Hall–Kier alpha value is -2.24. The van der Waals surface area contributed by atoms with E-state index in [2.05, 4.69) is 40.1 Å². The first kappa shape index (κ1) is 18.1. The van der Waals surface area contributed by atoms with E-state index in [1.807, 2.05) is 38.1 Å². The maximum absolute atomic E-state index is 11.7. The van der Waals surface area contributed by atoms with Crippen molar-refractivity contribution in [3.8, 4) is 0 Å². The number of carbonyl (C=O) groups is 1. The van der Waals surface area contributed by atoms with Crippen molar-refractivity contribution in [1.82, 2.24) is 16.0 Å². The van der Waals surface area contributed by atoms with Gasteiger partial charge in [-0.15, -0.1) is 0 Å². The van der Waals surface area contributed by atoms with Gasteiger partial charge in [-0.3, -0.25) is 0 Å². The average Bonchev–Trinajstić information content (AvgIpc) is 3.20. The third-order valence-electron chi connectivity index (χ3n) is 3.83. The van der Waals surface area contributed by atoms with Crippen LogP contribution in [0, 0.1) is 5.92 Å². The molecule has 6 nitrogen and oxygen atoms in total. The topological polar surface area (TPSA) is 77.5 Å². The van der Waals surface area contributed by atoms with Crippen LogP contribution in [0.5, 0.6) is 0 Å². The average molecular weight is 331 g/mol. The zero-order chi connectivity index (χ0) is 17.5. The van der Waals surface area contributed by atoms with Gasteiger partial charge in [0, 0.05) is 24.3 Å². The molecule has 0 saturated heterocycles. The lowest BCUT2D eigenvalue weighted by atomic mass is 10.2. The molecule has 0 aromatic heterocycles. The summed E-state index contributed by atoms with van der Waals surface area (Å²) in [6.07, 6.45) is 1.21. The van der Waals surface area contributed by atoms with Gasteiger partial charge in [0.1, 0.15) is 0 Å². The predicted octanol–water partition coefficient (Wildman–Crippen LogP) is 2.68. The summed E-state index contributed by atoms with van der Waals surface area (Å²) in [7, 11) is 0. The maximum Gasteiger partial charge on any atom is 0.319 e. The molecule has 132 valence electrons. The van der Waals surface area contributed by atoms with Crippen LogP contribution in [0.1, 0.15) is 39.7 Å². The molecule has 0 aliphatic heterocycles. The van der Waals surface area contributed by atoms with E-state index < -0.39 is 0 Å². The highest BCUT2D eigenvalue weighted by molar-refractivity contribution is 5.89. The van der Waals surface area contributed by atoms with E-state index in [9.17, 15) is 4.79 Å². The van der Waals surface area contributed by atoms with Crippen molar-refractivity contribution in [2.24, 2.45) is 10.9 Å². The second kappa shape index (κ2) is 8.57. The number of benzene rings is 1. The van der Waals surface area contributed by atoms with Crippen LogP contribution in [0.15, 0.2) is 29.3 Å². The van der Waals surface area contributed by atoms with Crippen LogP contribution >= 0.6 is 0 Å². The molecule has 0 spiro atoms. The number of anilines is 1. The number of carbonyl (C=O) groups excluding carboxylic acids is 1. The first-order valence-corrected chi connectivity index (χ1v) is 8.69. The number of amides is 2.